The van der Waals surface area contributed by atoms with Gasteiger partial charge in [0.05, 0.1) is 5.25 Å². The Balaban J connectivity index is 2.65. The van der Waals surface area contributed by atoms with Gasteiger partial charge in [0.15, 0.2) is 0 Å². The van der Waals surface area contributed by atoms with Crippen LogP contribution in [0.2, 0.25) is 0 Å². The van der Waals surface area contributed by atoms with Crippen molar-refractivity contribution in [2.45, 2.75) is 32.4 Å². The summed E-state index contributed by atoms with van der Waals surface area (Å²) in [5, 5.41) is 11.3. The lowest BCUT2D eigenvalue weighted by atomic mass is 10.5. The lowest BCUT2D eigenvalue weighted by Crippen LogP contribution is -2.34. The van der Waals surface area contributed by atoms with Gasteiger partial charge in [-0.1, -0.05) is 25.2 Å². The second-order valence-corrected chi connectivity index (χ2v) is 6.78. The highest BCUT2D eigenvalue weighted by atomic mass is 32.2. The number of nitrogens with one attached hydrogen (secondary N) is 2. The Morgan fingerprint density at radius 1 is 1.35 bits per heavy atom. The molecule has 0 aliphatic carbocycles. The largest absolute Gasteiger partial charge is 0.316 e. The van der Waals surface area contributed by atoms with E-state index >= 15 is 0 Å². The number of anilines is 1. The number of hydrogen-bond acceptors (Lipinski definition) is 6. The first-order chi connectivity index (χ1) is 7.99. The number of aromatic nitrogens is 2. The lowest BCUT2D eigenvalue weighted by molar-refractivity contribution is 0.579. The molecule has 0 radical (unpaired) electrons. The summed E-state index contributed by atoms with van der Waals surface area (Å²) in [6.45, 7) is 6.72. The van der Waals surface area contributed by atoms with Gasteiger partial charge in [-0.05, 0) is 19.9 Å². The highest BCUT2D eigenvalue weighted by molar-refractivity contribution is 7.93. The molecule has 2 N–H and O–H groups in total. The normalized spacial score (nSPS) is 13.6. The summed E-state index contributed by atoms with van der Waals surface area (Å²) in [4.78, 5) is 0. The highest BCUT2D eigenvalue weighted by Crippen LogP contribution is 2.17. The molecule has 1 aromatic rings. The van der Waals surface area contributed by atoms with Crippen molar-refractivity contribution in [3.05, 3.63) is 5.01 Å². The van der Waals surface area contributed by atoms with E-state index in [0.29, 0.717) is 11.7 Å². The maximum Gasteiger partial charge on any atom is 0.238 e. The van der Waals surface area contributed by atoms with Crippen LogP contribution in [0.3, 0.4) is 0 Å². The minimum atomic E-state index is -3.39. The van der Waals surface area contributed by atoms with Gasteiger partial charge in [0.25, 0.3) is 0 Å². The fraction of sp³-hybridized carbons (Fsp3) is 0.778. The van der Waals surface area contributed by atoms with E-state index in [1.807, 2.05) is 13.8 Å². The van der Waals surface area contributed by atoms with Crippen LogP contribution >= 0.6 is 11.3 Å². The average molecular weight is 278 g/mol. The van der Waals surface area contributed by atoms with Gasteiger partial charge in [0.2, 0.25) is 15.2 Å². The standard InChI is InChI=1S/C9H18N4O2S2/c1-4-8-11-12-9(16-8)13-17(14,15)7(3)6-10-5-2/h7,10H,4-6H2,1-3H3,(H,12,13). The third-order valence-electron chi connectivity index (χ3n) is 2.21. The molecular weight excluding hydrogens is 260 g/mol. The first-order valence-corrected chi connectivity index (χ1v) is 7.90. The van der Waals surface area contributed by atoms with Crippen LogP contribution in [0.4, 0.5) is 5.13 Å². The van der Waals surface area contributed by atoms with Crippen molar-refractivity contribution < 1.29 is 8.42 Å². The Hall–Kier alpha value is -0.730. The SMILES string of the molecule is CCNCC(C)S(=O)(=O)Nc1nnc(CC)s1. The summed E-state index contributed by atoms with van der Waals surface area (Å²) in [7, 11) is -3.39. The Bertz CT molecular complexity index is 444. The fourth-order valence-electron chi connectivity index (χ4n) is 1.12. The molecule has 0 saturated heterocycles. The summed E-state index contributed by atoms with van der Waals surface area (Å²) in [6.07, 6.45) is 0.756. The second-order valence-electron chi connectivity index (χ2n) is 3.62. The van der Waals surface area contributed by atoms with Crippen molar-refractivity contribution >= 4 is 26.5 Å². The third kappa shape index (κ3) is 4.21. The Labute approximate surface area is 106 Å². The molecule has 0 aliphatic rings. The molecule has 1 atom stereocenters. The van der Waals surface area contributed by atoms with Crippen LogP contribution in [0.5, 0.6) is 0 Å². The van der Waals surface area contributed by atoms with E-state index in [1.54, 1.807) is 6.92 Å². The molecule has 0 saturated carbocycles. The van der Waals surface area contributed by atoms with Gasteiger partial charge >= 0.3 is 0 Å². The fourth-order valence-corrected chi connectivity index (χ4v) is 2.99. The maximum atomic E-state index is 11.9. The monoisotopic (exact) mass is 278 g/mol. The van der Waals surface area contributed by atoms with Crippen LogP contribution in [0, 0.1) is 0 Å². The first kappa shape index (κ1) is 14.3. The van der Waals surface area contributed by atoms with Crippen LogP contribution in [0.1, 0.15) is 25.8 Å². The summed E-state index contributed by atoms with van der Waals surface area (Å²) in [6, 6.07) is 0. The van der Waals surface area contributed by atoms with Gasteiger partial charge in [-0.2, -0.15) is 0 Å². The zero-order valence-corrected chi connectivity index (χ0v) is 11.9. The molecule has 1 aromatic heterocycles. The minimum absolute atomic E-state index is 0.338. The van der Waals surface area contributed by atoms with Crippen molar-refractivity contribution in [3.63, 3.8) is 0 Å². The molecule has 0 spiro atoms. The minimum Gasteiger partial charge on any atom is -0.316 e. The molecule has 98 valence electrons. The molecule has 0 fully saturated rings. The number of sulfonamides is 1. The Morgan fingerprint density at radius 3 is 2.59 bits per heavy atom. The van der Waals surface area contributed by atoms with E-state index in [-0.39, 0.29) is 0 Å². The van der Waals surface area contributed by atoms with Gasteiger partial charge in [-0.15, -0.1) is 10.2 Å². The van der Waals surface area contributed by atoms with E-state index in [2.05, 4.69) is 20.2 Å². The predicted octanol–water partition coefficient (Wildman–Crippen LogP) is 0.840. The smallest absolute Gasteiger partial charge is 0.238 e. The summed E-state index contributed by atoms with van der Waals surface area (Å²) >= 11 is 1.27. The molecule has 0 bridgehead atoms. The molecular formula is C9H18N4O2S2. The van der Waals surface area contributed by atoms with Crippen LogP contribution in [0.25, 0.3) is 0 Å². The molecule has 0 aromatic carbocycles. The molecule has 1 heterocycles. The molecule has 0 amide bonds. The maximum absolute atomic E-state index is 11.9. The van der Waals surface area contributed by atoms with Crippen LogP contribution in [-0.4, -0.2) is 37.0 Å². The second kappa shape index (κ2) is 6.27. The Kier molecular flexibility index (Phi) is 5.29. The van der Waals surface area contributed by atoms with E-state index in [9.17, 15) is 8.42 Å². The summed E-state index contributed by atoms with van der Waals surface area (Å²) in [5.74, 6) is 0. The summed E-state index contributed by atoms with van der Waals surface area (Å²) in [5.41, 5.74) is 0. The van der Waals surface area contributed by atoms with Crippen LogP contribution < -0.4 is 10.0 Å². The molecule has 1 unspecified atom stereocenters. The average Bonchev–Trinajstić information content (AvgIpc) is 2.72. The van der Waals surface area contributed by atoms with E-state index in [4.69, 9.17) is 0 Å². The van der Waals surface area contributed by atoms with Crippen molar-refractivity contribution in [3.8, 4) is 0 Å². The Morgan fingerprint density at radius 2 is 2.06 bits per heavy atom. The molecule has 8 heteroatoms. The molecule has 0 aliphatic heterocycles. The van der Waals surface area contributed by atoms with Crippen LogP contribution in [0.15, 0.2) is 0 Å². The van der Waals surface area contributed by atoms with Crippen molar-refractivity contribution in [1.82, 2.24) is 15.5 Å². The van der Waals surface area contributed by atoms with Gasteiger partial charge in [0.1, 0.15) is 5.01 Å². The number of rotatable bonds is 7. The molecule has 6 nitrogen and oxygen atoms in total. The molecule has 17 heavy (non-hydrogen) atoms. The van der Waals surface area contributed by atoms with Gasteiger partial charge in [-0.3, -0.25) is 4.72 Å². The van der Waals surface area contributed by atoms with Crippen molar-refractivity contribution in [2.75, 3.05) is 17.8 Å². The predicted molar refractivity (Wildman–Crippen MR) is 69.8 cm³/mol. The van der Waals surface area contributed by atoms with Crippen molar-refractivity contribution in [2.24, 2.45) is 0 Å². The third-order valence-corrected chi connectivity index (χ3v) is 5.03. The number of hydrogen-bond donors (Lipinski definition) is 2. The topological polar surface area (TPSA) is 84.0 Å². The number of aryl methyl sites for hydroxylation is 1. The summed E-state index contributed by atoms with van der Waals surface area (Å²) < 4.78 is 26.2. The van der Waals surface area contributed by atoms with Gasteiger partial charge in [-0.25, -0.2) is 8.42 Å². The van der Waals surface area contributed by atoms with E-state index in [1.165, 1.54) is 11.3 Å². The first-order valence-electron chi connectivity index (χ1n) is 5.54. The highest BCUT2D eigenvalue weighted by Gasteiger charge is 2.21. The van der Waals surface area contributed by atoms with Crippen molar-refractivity contribution in [1.29, 1.82) is 0 Å². The molecule has 1 rings (SSSR count). The van der Waals surface area contributed by atoms with E-state index in [0.717, 1.165) is 18.0 Å². The lowest BCUT2D eigenvalue weighted by Gasteiger charge is -2.12. The zero-order chi connectivity index (χ0) is 12.9. The number of nitrogens with zero attached hydrogens (tertiary/aromatic N) is 2. The van der Waals surface area contributed by atoms with Gasteiger partial charge in [0, 0.05) is 6.54 Å². The van der Waals surface area contributed by atoms with E-state index < -0.39 is 15.3 Å². The van der Waals surface area contributed by atoms with Crippen LogP contribution in [-0.2, 0) is 16.4 Å². The quantitative estimate of drug-likeness (QED) is 0.772. The van der Waals surface area contributed by atoms with Gasteiger partial charge < -0.3 is 5.32 Å². The zero-order valence-electron chi connectivity index (χ0n) is 10.2.